The van der Waals surface area contributed by atoms with E-state index in [2.05, 4.69) is 23.2 Å². The summed E-state index contributed by atoms with van der Waals surface area (Å²) in [5, 5.41) is 12.3. The highest BCUT2D eigenvalue weighted by molar-refractivity contribution is 5.89. The Hall–Kier alpha value is -2.99. The van der Waals surface area contributed by atoms with Crippen LogP contribution in [0, 0.1) is 23.2 Å². The topological polar surface area (TPSA) is 104 Å². The van der Waals surface area contributed by atoms with E-state index in [1.54, 1.807) is 7.11 Å². The van der Waals surface area contributed by atoms with Crippen LogP contribution in [0.1, 0.15) is 45.4 Å². The molecule has 2 heterocycles. The molecule has 0 radical (unpaired) electrons. The maximum Gasteiger partial charge on any atom is 0.226 e. The molecule has 2 amide bonds. The van der Waals surface area contributed by atoms with E-state index in [4.69, 9.17) is 14.2 Å². The van der Waals surface area contributed by atoms with E-state index in [9.17, 15) is 14.9 Å². The number of benzene rings is 1. The van der Waals surface area contributed by atoms with E-state index >= 15 is 0 Å². The molecule has 36 heavy (non-hydrogen) atoms. The summed E-state index contributed by atoms with van der Waals surface area (Å²) < 4.78 is 16.7. The Balaban J connectivity index is 1.22. The zero-order valence-electron chi connectivity index (χ0n) is 21.2. The number of rotatable bonds is 7. The number of carbonyl (C=O) groups is 2. The van der Waals surface area contributed by atoms with Gasteiger partial charge in [-0.3, -0.25) is 9.59 Å². The van der Waals surface area contributed by atoms with Crippen LogP contribution in [0.5, 0.6) is 11.5 Å². The van der Waals surface area contributed by atoms with Crippen LogP contribution in [0.15, 0.2) is 18.2 Å². The van der Waals surface area contributed by atoms with Crippen molar-refractivity contribution in [3.63, 3.8) is 0 Å². The molecule has 9 nitrogen and oxygen atoms in total. The lowest BCUT2D eigenvalue weighted by molar-refractivity contribution is -0.145. The molecule has 0 bridgehead atoms. The number of anilines is 1. The fourth-order valence-electron chi connectivity index (χ4n) is 5.60. The van der Waals surface area contributed by atoms with Gasteiger partial charge in [-0.15, -0.1) is 0 Å². The summed E-state index contributed by atoms with van der Waals surface area (Å²) in [6, 6.07) is 8.20. The van der Waals surface area contributed by atoms with Crippen molar-refractivity contribution in [2.45, 2.75) is 63.1 Å². The van der Waals surface area contributed by atoms with Gasteiger partial charge in [0.15, 0.2) is 11.5 Å². The zero-order chi connectivity index (χ0) is 25.3. The standard InChI is InChI=1S/C27H36N4O5/c1-18-14-30(19-7-8-23(24(13-19)34-2)36-20-15-35-16-20)11-12-31(18)26(33)22-6-4-3-5-21(22)25(32)29-27(17-28)9-10-27/h7-8,13,18,20-22H,3-6,9-12,14-16H2,1-2H3,(H,29,32)/t18-,21-,22-/m1/s1. The number of piperazine rings is 1. The molecule has 0 spiro atoms. The SMILES string of the molecule is COc1cc(N2CCN(C(=O)[C@@H]3CCCC[C@H]3C(=O)NC3(C#N)CC3)[C@H](C)C2)ccc1OC1COC1. The minimum absolute atomic E-state index is 0.0137. The predicted molar refractivity (Wildman–Crippen MR) is 133 cm³/mol. The Morgan fingerprint density at radius 3 is 2.50 bits per heavy atom. The summed E-state index contributed by atoms with van der Waals surface area (Å²) in [5.41, 5.74) is 0.332. The van der Waals surface area contributed by atoms with Crippen LogP contribution in [0.3, 0.4) is 0 Å². The van der Waals surface area contributed by atoms with Crippen molar-refractivity contribution < 1.29 is 23.8 Å². The lowest BCUT2D eigenvalue weighted by Crippen LogP contribution is -2.57. The second-order valence-electron chi connectivity index (χ2n) is 10.6. The van der Waals surface area contributed by atoms with Gasteiger partial charge in [0.1, 0.15) is 11.6 Å². The zero-order valence-corrected chi connectivity index (χ0v) is 21.2. The molecule has 2 aliphatic carbocycles. The number of carbonyl (C=O) groups excluding carboxylic acids is 2. The van der Waals surface area contributed by atoms with Gasteiger partial charge in [0.2, 0.25) is 11.8 Å². The molecule has 1 aromatic rings. The summed E-state index contributed by atoms with van der Waals surface area (Å²) in [5.74, 6) is 0.693. The molecule has 5 rings (SSSR count). The molecule has 2 saturated heterocycles. The van der Waals surface area contributed by atoms with Crippen molar-refractivity contribution in [1.82, 2.24) is 10.2 Å². The first-order valence-electron chi connectivity index (χ1n) is 13.1. The maximum absolute atomic E-state index is 13.7. The summed E-state index contributed by atoms with van der Waals surface area (Å²) in [7, 11) is 1.64. The average molecular weight is 497 g/mol. The van der Waals surface area contributed by atoms with Gasteiger partial charge in [0.05, 0.1) is 26.4 Å². The number of ether oxygens (including phenoxy) is 3. The number of hydrogen-bond acceptors (Lipinski definition) is 7. The van der Waals surface area contributed by atoms with E-state index in [-0.39, 0.29) is 35.8 Å². The fraction of sp³-hybridized carbons (Fsp3) is 0.667. The summed E-state index contributed by atoms with van der Waals surface area (Å²) >= 11 is 0. The molecule has 4 fully saturated rings. The molecule has 0 aromatic heterocycles. The van der Waals surface area contributed by atoms with Crippen molar-refractivity contribution in [2.24, 2.45) is 11.8 Å². The summed E-state index contributed by atoms with van der Waals surface area (Å²) in [6.45, 7) is 5.28. The molecule has 194 valence electrons. The van der Waals surface area contributed by atoms with Crippen molar-refractivity contribution in [2.75, 3.05) is 44.9 Å². The highest BCUT2D eigenvalue weighted by Gasteiger charge is 2.48. The number of nitrogens with one attached hydrogen (secondary N) is 1. The first kappa shape index (κ1) is 24.7. The van der Waals surface area contributed by atoms with Crippen molar-refractivity contribution in [1.29, 1.82) is 5.26 Å². The molecule has 4 aliphatic rings. The first-order valence-corrected chi connectivity index (χ1v) is 13.1. The van der Waals surface area contributed by atoms with Gasteiger partial charge in [-0.25, -0.2) is 0 Å². The fourth-order valence-corrected chi connectivity index (χ4v) is 5.60. The second-order valence-corrected chi connectivity index (χ2v) is 10.6. The Bertz CT molecular complexity index is 1030. The highest BCUT2D eigenvalue weighted by atomic mass is 16.6. The van der Waals surface area contributed by atoms with E-state index in [0.29, 0.717) is 63.6 Å². The van der Waals surface area contributed by atoms with Gasteiger partial charge in [0.25, 0.3) is 0 Å². The smallest absolute Gasteiger partial charge is 0.226 e. The molecule has 0 unspecified atom stereocenters. The average Bonchev–Trinajstić information content (AvgIpc) is 3.65. The first-order chi connectivity index (χ1) is 17.4. The third kappa shape index (κ3) is 4.96. The van der Waals surface area contributed by atoms with Crippen molar-refractivity contribution >= 4 is 17.5 Å². The number of hydrogen-bond donors (Lipinski definition) is 1. The normalized spacial score (nSPS) is 27.4. The monoisotopic (exact) mass is 496 g/mol. The molecular formula is C27H36N4O5. The van der Waals surface area contributed by atoms with Crippen molar-refractivity contribution in [3.05, 3.63) is 18.2 Å². The van der Waals surface area contributed by atoms with Gasteiger partial charge in [-0.05, 0) is 44.7 Å². The predicted octanol–water partition coefficient (Wildman–Crippen LogP) is 2.49. The Labute approximate surface area is 212 Å². The van der Waals surface area contributed by atoms with Crippen LogP contribution in [-0.4, -0.2) is 74.4 Å². The Morgan fingerprint density at radius 1 is 1.14 bits per heavy atom. The quantitative estimate of drug-likeness (QED) is 0.618. The highest BCUT2D eigenvalue weighted by Crippen LogP contribution is 2.38. The molecule has 1 N–H and O–H groups in total. The molecule has 9 heteroatoms. The van der Waals surface area contributed by atoms with E-state index < -0.39 is 5.54 Å². The van der Waals surface area contributed by atoms with Crippen LogP contribution in [0.4, 0.5) is 5.69 Å². The Morgan fingerprint density at radius 2 is 1.89 bits per heavy atom. The van der Waals surface area contributed by atoms with E-state index in [0.717, 1.165) is 24.9 Å². The molecular weight excluding hydrogens is 460 g/mol. The molecule has 3 atom stereocenters. The lowest BCUT2D eigenvalue weighted by atomic mass is 9.77. The maximum atomic E-state index is 13.7. The minimum atomic E-state index is -0.700. The van der Waals surface area contributed by atoms with Crippen LogP contribution in [-0.2, 0) is 14.3 Å². The van der Waals surface area contributed by atoms with Gasteiger partial charge in [-0.2, -0.15) is 5.26 Å². The summed E-state index contributed by atoms with van der Waals surface area (Å²) in [6.07, 6.45) is 4.81. The summed E-state index contributed by atoms with van der Waals surface area (Å²) in [4.78, 5) is 30.9. The van der Waals surface area contributed by atoms with Crippen LogP contribution in [0.2, 0.25) is 0 Å². The van der Waals surface area contributed by atoms with Gasteiger partial charge in [0, 0.05) is 49.3 Å². The van der Waals surface area contributed by atoms with E-state index in [1.165, 1.54) is 0 Å². The van der Waals surface area contributed by atoms with Gasteiger partial charge >= 0.3 is 0 Å². The molecule has 2 saturated carbocycles. The third-order valence-corrected chi connectivity index (χ3v) is 8.07. The van der Waals surface area contributed by atoms with Gasteiger partial charge in [-0.1, -0.05) is 12.8 Å². The molecule has 1 aromatic carbocycles. The molecule has 2 aliphatic heterocycles. The minimum Gasteiger partial charge on any atom is -0.493 e. The lowest BCUT2D eigenvalue weighted by Gasteiger charge is -2.43. The number of nitrogens with zero attached hydrogens (tertiary/aromatic N) is 3. The number of nitriles is 1. The third-order valence-electron chi connectivity index (χ3n) is 8.07. The van der Waals surface area contributed by atoms with Crippen LogP contribution in [0.25, 0.3) is 0 Å². The van der Waals surface area contributed by atoms with E-state index in [1.807, 2.05) is 23.1 Å². The van der Waals surface area contributed by atoms with Gasteiger partial charge < -0.3 is 29.3 Å². The van der Waals surface area contributed by atoms with Crippen molar-refractivity contribution in [3.8, 4) is 17.6 Å². The Kier molecular flexibility index (Phi) is 6.98. The number of methoxy groups -OCH3 is 1. The van der Waals surface area contributed by atoms with Crippen LogP contribution < -0.4 is 19.7 Å². The second kappa shape index (κ2) is 10.2. The van der Waals surface area contributed by atoms with Crippen LogP contribution >= 0.6 is 0 Å². The number of amides is 2. The largest absolute Gasteiger partial charge is 0.493 e.